The van der Waals surface area contributed by atoms with Crippen LogP contribution in [0.3, 0.4) is 0 Å². The van der Waals surface area contributed by atoms with Crippen molar-refractivity contribution >= 4 is 41.3 Å². The molecule has 3 rings (SSSR count). The largest absolute Gasteiger partial charge is 0.372 e. The van der Waals surface area contributed by atoms with Crippen molar-refractivity contribution in [2.24, 2.45) is 4.99 Å². The lowest BCUT2D eigenvalue weighted by molar-refractivity contribution is 0.107. The Kier molecular flexibility index (Phi) is 10.8. The van der Waals surface area contributed by atoms with Crippen molar-refractivity contribution in [1.29, 1.82) is 0 Å². The molecular formula is C23H29IN4OS. The van der Waals surface area contributed by atoms with Crippen LogP contribution >= 0.6 is 35.3 Å². The van der Waals surface area contributed by atoms with E-state index in [1.807, 2.05) is 24.4 Å². The minimum atomic E-state index is 0. The monoisotopic (exact) mass is 536 g/mol. The first kappa shape index (κ1) is 24.3. The Balaban J connectivity index is 0.00000320. The van der Waals surface area contributed by atoms with Crippen molar-refractivity contribution in [3.8, 4) is 0 Å². The lowest BCUT2D eigenvalue weighted by Gasteiger charge is -2.10. The number of aromatic nitrogens is 1. The molecule has 0 amide bonds. The highest BCUT2D eigenvalue weighted by Crippen LogP contribution is 2.11. The van der Waals surface area contributed by atoms with Gasteiger partial charge in [-0.1, -0.05) is 54.6 Å². The number of hydrogen-bond acceptors (Lipinski definition) is 4. The SMILES string of the molecule is CCNC(=NCc1ccc(COCc2ccccc2)cc1)NCc1ncc(C)s1.I. The number of benzene rings is 2. The molecule has 30 heavy (non-hydrogen) atoms. The van der Waals surface area contributed by atoms with Gasteiger partial charge in [-0.15, -0.1) is 35.3 Å². The Labute approximate surface area is 200 Å². The molecule has 7 heteroatoms. The smallest absolute Gasteiger partial charge is 0.191 e. The van der Waals surface area contributed by atoms with Gasteiger partial charge in [0.15, 0.2) is 5.96 Å². The van der Waals surface area contributed by atoms with Gasteiger partial charge in [-0.3, -0.25) is 0 Å². The maximum atomic E-state index is 5.80. The predicted octanol–water partition coefficient (Wildman–Crippen LogP) is 5.04. The highest BCUT2D eigenvalue weighted by Gasteiger charge is 2.02. The number of guanidine groups is 1. The van der Waals surface area contributed by atoms with Crippen LogP contribution in [0.15, 0.2) is 65.8 Å². The molecule has 2 aromatic carbocycles. The van der Waals surface area contributed by atoms with E-state index in [4.69, 9.17) is 4.74 Å². The summed E-state index contributed by atoms with van der Waals surface area (Å²) in [5, 5.41) is 7.69. The Morgan fingerprint density at radius 2 is 1.63 bits per heavy atom. The zero-order chi connectivity index (χ0) is 20.3. The van der Waals surface area contributed by atoms with E-state index in [1.54, 1.807) is 11.3 Å². The van der Waals surface area contributed by atoms with Gasteiger partial charge >= 0.3 is 0 Å². The number of thiazole rings is 1. The summed E-state index contributed by atoms with van der Waals surface area (Å²) in [6.45, 7) is 7.49. The number of rotatable bonds is 9. The summed E-state index contributed by atoms with van der Waals surface area (Å²) in [7, 11) is 0. The maximum absolute atomic E-state index is 5.80. The molecule has 5 nitrogen and oxygen atoms in total. The van der Waals surface area contributed by atoms with Gasteiger partial charge in [0.2, 0.25) is 0 Å². The maximum Gasteiger partial charge on any atom is 0.191 e. The van der Waals surface area contributed by atoms with Crippen LogP contribution in [0.2, 0.25) is 0 Å². The predicted molar refractivity (Wildman–Crippen MR) is 135 cm³/mol. The third kappa shape index (κ3) is 8.41. The second kappa shape index (κ2) is 13.4. The zero-order valence-corrected chi connectivity index (χ0v) is 20.6. The fourth-order valence-electron chi connectivity index (χ4n) is 2.76. The Morgan fingerprint density at radius 1 is 0.967 bits per heavy atom. The molecule has 0 spiro atoms. The van der Waals surface area contributed by atoms with Crippen LogP contribution in [0, 0.1) is 6.92 Å². The fraction of sp³-hybridized carbons (Fsp3) is 0.304. The van der Waals surface area contributed by atoms with Crippen LogP contribution < -0.4 is 10.6 Å². The molecule has 0 unspecified atom stereocenters. The van der Waals surface area contributed by atoms with Crippen molar-refractivity contribution in [2.75, 3.05) is 6.54 Å². The van der Waals surface area contributed by atoms with Gasteiger partial charge in [0.1, 0.15) is 5.01 Å². The molecule has 0 saturated heterocycles. The van der Waals surface area contributed by atoms with E-state index < -0.39 is 0 Å². The number of halogens is 1. The highest BCUT2D eigenvalue weighted by molar-refractivity contribution is 14.0. The molecule has 0 aliphatic heterocycles. The standard InChI is InChI=1S/C23H28N4OS.HI/c1-3-24-23(27-15-22-25-13-18(2)29-22)26-14-19-9-11-21(12-10-19)17-28-16-20-7-5-4-6-8-20;/h4-13H,3,14-17H2,1-2H3,(H2,24,26,27);1H. The summed E-state index contributed by atoms with van der Waals surface area (Å²) in [4.78, 5) is 10.3. The Bertz CT molecular complexity index is 897. The number of nitrogens with one attached hydrogen (secondary N) is 2. The molecule has 2 N–H and O–H groups in total. The number of nitrogens with zero attached hydrogens (tertiary/aromatic N) is 2. The van der Waals surface area contributed by atoms with Gasteiger partial charge in [0.25, 0.3) is 0 Å². The molecule has 0 aliphatic carbocycles. The molecule has 1 heterocycles. The van der Waals surface area contributed by atoms with Crippen LogP contribution in [0.5, 0.6) is 0 Å². The van der Waals surface area contributed by atoms with Gasteiger partial charge < -0.3 is 15.4 Å². The van der Waals surface area contributed by atoms with E-state index >= 15 is 0 Å². The van der Waals surface area contributed by atoms with Crippen molar-refractivity contribution in [3.63, 3.8) is 0 Å². The topological polar surface area (TPSA) is 58.5 Å². The van der Waals surface area contributed by atoms with E-state index in [1.165, 1.54) is 16.0 Å². The van der Waals surface area contributed by atoms with Gasteiger partial charge in [-0.2, -0.15) is 0 Å². The summed E-state index contributed by atoms with van der Waals surface area (Å²) in [6.07, 6.45) is 1.90. The van der Waals surface area contributed by atoms with Crippen molar-refractivity contribution in [3.05, 3.63) is 87.4 Å². The highest BCUT2D eigenvalue weighted by atomic mass is 127. The normalized spacial score (nSPS) is 11.1. The van der Waals surface area contributed by atoms with Gasteiger partial charge in [-0.05, 0) is 30.5 Å². The summed E-state index contributed by atoms with van der Waals surface area (Å²) < 4.78 is 5.80. The average molecular weight is 536 g/mol. The lowest BCUT2D eigenvalue weighted by Crippen LogP contribution is -2.36. The molecule has 0 fully saturated rings. The van der Waals surface area contributed by atoms with Gasteiger partial charge in [0, 0.05) is 17.6 Å². The quantitative estimate of drug-likeness (QED) is 0.229. The third-order valence-electron chi connectivity index (χ3n) is 4.24. The fourth-order valence-corrected chi connectivity index (χ4v) is 3.48. The minimum Gasteiger partial charge on any atom is -0.372 e. The molecule has 160 valence electrons. The Hall–Kier alpha value is -1.97. The zero-order valence-electron chi connectivity index (χ0n) is 17.4. The molecular weight excluding hydrogens is 507 g/mol. The number of ether oxygens (including phenoxy) is 1. The summed E-state index contributed by atoms with van der Waals surface area (Å²) in [5.74, 6) is 0.802. The van der Waals surface area contributed by atoms with Crippen molar-refractivity contribution in [1.82, 2.24) is 15.6 Å². The summed E-state index contributed by atoms with van der Waals surface area (Å²) >= 11 is 1.70. The van der Waals surface area contributed by atoms with E-state index in [9.17, 15) is 0 Å². The van der Waals surface area contributed by atoms with E-state index in [-0.39, 0.29) is 24.0 Å². The van der Waals surface area contributed by atoms with Crippen LogP contribution in [0.1, 0.15) is 33.5 Å². The second-order valence-corrected chi connectivity index (χ2v) is 8.03. The molecule has 0 aliphatic rings. The first-order valence-electron chi connectivity index (χ1n) is 9.86. The summed E-state index contributed by atoms with van der Waals surface area (Å²) in [6, 6.07) is 18.7. The first-order valence-corrected chi connectivity index (χ1v) is 10.7. The van der Waals surface area contributed by atoms with Crippen LogP contribution in [-0.2, 0) is 31.0 Å². The molecule has 1 aromatic heterocycles. The molecule has 3 aromatic rings. The third-order valence-corrected chi connectivity index (χ3v) is 5.16. The van der Waals surface area contributed by atoms with Gasteiger partial charge in [0.05, 0.1) is 26.3 Å². The second-order valence-electron chi connectivity index (χ2n) is 6.71. The average Bonchev–Trinajstić information content (AvgIpc) is 3.17. The number of aryl methyl sites for hydroxylation is 1. The number of aliphatic imine (C=N–C) groups is 1. The van der Waals surface area contributed by atoms with Crippen molar-refractivity contribution in [2.45, 2.75) is 40.2 Å². The van der Waals surface area contributed by atoms with E-state index in [0.717, 1.165) is 23.1 Å². The number of hydrogen-bond donors (Lipinski definition) is 2. The minimum absolute atomic E-state index is 0. The molecule has 0 atom stereocenters. The summed E-state index contributed by atoms with van der Waals surface area (Å²) in [5.41, 5.74) is 3.52. The first-order chi connectivity index (χ1) is 14.2. The lowest BCUT2D eigenvalue weighted by atomic mass is 10.1. The molecule has 0 saturated carbocycles. The van der Waals surface area contributed by atoms with Crippen LogP contribution in [-0.4, -0.2) is 17.5 Å². The van der Waals surface area contributed by atoms with Crippen molar-refractivity contribution < 1.29 is 4.74 Å². The van der Waals surface area contributed by atoms with Crippen LogP contribution in [0.25, 0.3) is 0 Å². The van der Waals surface area contributed by atoms with E-state index in [0.29, 0.717) is 26.3 Å². The van der Waals surface area contributed by atoms with Gasteiger partial charge in [-0.25, -0.2) is 9.98 Å². The Morgan fingerprint density at radius 3 is 2.27 bits per heavy atom. The molecule has 0 radical (unpaired) electrons. The van der Waals surface area contributed by atoms with Crippen LogP contribution in [0.4, 0.5) is 0 Å². The van der Waals surface area contributed by atoms with E-state index in [2.05, 4.69) is 70.9 Å². The molecule has 0 bridgehead atoms.